The number of aromatic nitrogens is 3. The highest BCUT2D eigenvalue weighted by molar-refractivity contribution is 5.93. The molecule has 3 aromatic rings. The van der Waals surface area contributed by atoms with Crippen LogP contribution in [0.2, 0.25) is 0 Å². The van der Waals surface area contributed by atoms with Gasteiger partial charge in [0.25, 0.3) is 5.91 Å². The van der Waals surface area contributed by atoms with Crippen molar-refractivity contribution in [3.05, 3.63) is 71.3 Å². The number of rotatable bonds is 7. The van der Waals surface area contributed by atoms with Crippen molar-refractivity contribution in [1.82, 2.24) is 20.3 Å². The monoisotopic (exact) mass is 444 g/mol. The van der Waals surface area contributed by atoms with Crippen LogP contribution in [-0.4, -0.2) is 34.1 Å². The summed E-state index contributed by atoms with van der Waals surface area (Å²) in [6.45, 7) is -3.01. The SMILES string of the molecule is O=C(NCCc1ccc(OC(F)F)cc1)c1nnn(-c2ccc(F)cc2)c1C(F)(F)F. The van der Waals surface area contributed by atoms with E-state index in [9.17, 15) is 31.1 Å². The third-order valence-electron chi connectivity index (χ3n) is 4.07. The summed E-state index contributed by atoms with van der Waals surface area (Å²) in [5.41, 5.74) is -1.82. The molecule has 0 bridgehead atoms. The third kappa shape index (κ3) is 5.53. The summed E-state index contributed by atoms with van der Waals surface area (Å²) in [6.07, 6.45) is -4.74. The van der Waals surface area contributed by atoms with E-state index in [4.69, 9.17) is 0 Å². The molecule has 0 aliphatic heterocycles. The third-order valence-corrected chi connectivity index (χ3v) is 4.07. The Kier molecular flexibility index (Phi) is 6.47. The molecule has 1 amide bonds. The molecule has 0 aliphatic carbocycles. The predicted octanol–water partition coefficient (Wildman–Crippen LogP) is 4.00. The van der Waals surface area contributed by atoms with Gasteiger partial charge in [-0.25, -0.2) is 9.07 Å². The lowest BCUT2D eigenvalue weighted by molar-refractivity contribution is -0.143. The number of nitrogens with one attached hydrogen (secondary N) is 1. The molecule has 1 N–H and O–H groups in total. The van der Waals surface area contributed by atoms with Gasteiger partial charge < -0.3 is 10.1 Å². The number of benzene rings is 2. The molecular weight excluding hydrogens is 430 g/mol. The van der Waals surface area contributed by atoms with Gasteiger partial charge in [-0.2, -0.15) is 22.0 Å². The first-order chi connectivity index (χ1) is 14.6. The number of amides is 1. The highest BCUT2D eigenvalue weighted by atomic mass is 19.4. The summed E-state index contributed by atoms with van der Waals surface area (Å²) >= 11 is 0. The van der Waals surface area contributed by atoms with E-state index in [1.165, 1.54) is 24.3 Å². The average Bonchev–Trinajstić information content (AvgIpc) is 3.15. The predicted molar refractivity (Wildman–Crippen MR) is 95.4 cm³/mol. The van der Waals surface area contributed by atoms with Gasteiger partial charge in [-0.3, -0.25) is 4.79 Å². The van der Waals surface area contributed by atoms with Crippen LogP contribution in [0.4, 0.5) is 26.3 Å². The molecule has 0 saturated heterocycles. The first-order valence-electron chi connectivity index (χ1n) is 8.76. The Hall–Kier alpha value is -3.57. The van der Waals surface area contributed by atoms with Gasteiger partial charge in [0.2, 0.25) is 0 Å². The van der Waals surface area contributed by atoms with Gasteiger partial charge in [-0.15, -0.1) is 5.10 Å². The van der Waals surface area contributed by atoms with Crippen LogP contribution in [0.1, 0.15) is 21.7 Å². The number of alkyl halides is 5. The molecule has 0 saturated carbocycles. The first kappa shape index (κ1) is 22.1. The van der Waals surface area contributed by atoms with E-state index in [0.717, 1.165) is 24.3 Å². The molecule has 0 radical (unpaired) electrons. The van der Waals surface area contributed by atoms with E-state index in [1.54, 1.807) is 0 Å². The second-order valence-corrected chi connectivity index (χ2v) is 6.20. The molecule has 3 rings (SSSR count). The van der Waals surface area contributed by atoms with Gasteiger partial charge in [0.05, 0.1) is 5.69 Å². The molecule has 0 fully saturated rings. The summed E-state index contributed by atoms with van der Waals surface area (Å²) in [5, 5.41) is 9.05. The largest absolute Gasteiger partial charge is 0.435 e. The maximum Gasteiger partial charge on any atom is 0.435 e. The zero-order chi connectivity index (χ0) is 22.6. The molecule has 164 valence electrons. The van der Waals surface area contributed by atoms with Crippen molar-refractivity contribution in [3.63, 3.8) is 0 Å². The Labute approximate surface area is 171 Å². The van der Waals surface area contributed by atoms with Crippen LogP contribution in [0.5, 0.6) is 5.75 Å². The molecule has 1 heterocycles. The molecule has 12 heteroatoms. The van der Waals surface area contributed by atoms with Crippen LogP contribution >= 0.6 is 0 Å². The van der Waals surface area contributed by atoms with Gasteiger partial charge in [-0.05, 0) is 48.4 Å². The topological polar surface area (TPSA) is 69.0 Å². The minimum Gasteiger partial charge on any atom is -0.435 e. The first-order valence-corrected chi connectivity index (χ1v) is 8.76. The Morgan fingerprint density at radius 1 is 1.06 bits per heavy atom. The van der Waals surface area contributed by atoms with Crippen LogP contribution < -0.4 is 10.1 Å². The number of carbonyl (C=O) groups excluding carboxylic acids is 1. The molecular formula is C19H14F6N4O2. The van der Waals surface area contributed by atoms with Crippen molar-refractivity contribution in [2.24, 2.45) is 0 Å². The lowest BCUT2D eigenvalue weighted by Crippen LogP contribution is -2.29. The van der Waals surface area contributed by atoms with Gasteiger partial charge in [0.15, 0.2) is 11.4 Å². The number of hydrogen-bond donors (Lipinski definition) is 1. The lowest BCUT2D eigenvalue weighted by atomic mass is 10.1. The fourth-order valence-electron chi connectivity index (χ4n) is 2.69. The number of hydrogen-bond acceptors (Lipinski definition) is 4. The van der Waals surface area contributed by atoms with Crippen molar-refractivity contribution < 1.29 is 35.9 Å². The molecule has 0 aliphatic rings. The summed E-state index contributed by atoms with van der Waals surface area (Å²) in [6, 6.07) is 9.62. The highest BCUT2D eigenvalue weighted by Crippen LogP contribution is 2.32. The maximum atomic E-state index is 13.6. The Bertz CT molecular complexity index is 1030. The Balaban J connectivity index is 1.71. The molecule has 0 spiro atoms. The van der Waals surface area contributed by atoms with Crippen molar-refractivity contribution >= 4 is 5.91 Å². The second kappa shape index (κ2) is 9.06. The van der Waals surface area contributed by atoms with Crippen LogP contribution in [0.15, 0.2) is 48.5 Å². The molecule has 6 nitrogen and oxygen atoms in total. The van der Waals surface area contributed by atoms with E-state index in [0.29, 0.717) is 10.2 Å². The summed E-state index contributed by atoms with van der Waals surface area (Å²) < 4.78 is 82.6. The van der Waals surface area contributed by atoms with Gasteiger partial charge in [0.1, 0.15) is 11.6 Å². The Morgan fingerprint density at radius 3 is 2.29 bits per heavy atom. The van der Waals surface area contributed by atoms with E-state index >= 15 is 0 Å². The van der Waals surface area contributed by atoms with Crippen molar-refractivity contribution in [2.45, 2.75) is 19.2 Å². The van der Waals surface area contributed by atoms with Crippen molar-refractivity contribution in [1.29, 1.82) is 0 Å². The number of ether oxygens (including phenoxy) is 1. The van der Waals surface area contributed by atoms with Crippen molar-refractivity contribution in [3.8, 4) is 11.4 Å². The van der Waals surface area contributed by atoms with E-state index in [-0.39, 0.29) is 24.4 Å². The fraction of sp³-hybridized carbons (Fsp3) is 0.211. The van der Waals surface area contributed by atoms with Crippen molar-refractivity contribution in [2.75, 3.05) is 6.54 Å². The molecule has 2 aromatic carbocycles. The smallest absolute Gasteiger partial charge is 0.435 e. The van der Waals surface area contributed by atoms with Crippen LogP contribution in [0.3, 0.4) is 0 Å². The number of carbonyl (C=O) groups is 1. The van der Waals surface area contributed by atoms with Gasteiger partial charge >= 0.3 is 12.8 Å². The van der Waals surface area contributed by atoms with Crippen LogP contribution in [0.25, 0.3) is 5.69 Å². The lowest BCUT2D eigenvalue weighted by Gasteiger charge is -2.11. The van der Waals surface area contributed by atoms with Crippen LogP contribution in [0, 0.1) is 5.82 Å². The normalized spacial score (nSPS) is 11.6. The van der Waals surface area contributed by atoms with E-state index in [2.05, 4.69) is 20.4 Å². The van der Waals surface area contributed by atoms with E-state index < -0.39 is 35.9 Å². The molecule has 1 aromatic heterocycles. The van der Waals surface area contributed by atoms with Gasteiger partial charge in [0, 0.05) is 6.54 Å². The number of halogens is 6. The Morgan fingerprint density at radius 2 is 1.71 bits per heavy atom. The fourth-order valence-corrected chi connectivity index (χ4v) is 2.69. The highest BCUT2D eigenvalue weighted by Gasteiger charge is 2.41. The van der Waals surface area contributed by atoms with Crippen LogP contribution in [-0.2, 0) is 12.6 Å². The summed E-state index contributed by atoms with van der Waals surface area (Å²) in [5.74, 6) is -1.79. The van der Waals surface area contributed by atoms with Gasteiger partial charge in [-0.1, -0.05) is 17.3 Å². The maximum absolute atomic E-state index is 13.6. The zero-order valence-corrected chi connectivity index (χ0v) is 15.5. The quantitative estimate of drug-likeness (QED) is 0.560. The minimum absolute atomic E-state index is 0.0463. The second-order valence-electron chi connectivity index (χ2n) is 6.20. The number of nitrogens with zero attached hydrogens (tertiary/aromatic N) is 3. The molecule has 31 heavy (non-hydrogen) atoms. The molecule has 0 unspecified atom stereocenters. The standard InChI is InChI=1S/C19H14F6N4O2/c20-12-3-5-13(6-4-12)29-16(19(23,24)25)15(27-28-29)17(30)26-10-9-11-1-7-14(8-2-11)31-18(21)22/h1-8,18H,9-10H2,(H,26,30). The minimum atomic E-state index is -4.95. The zero-order valence-electron chi connectivity index (χ0n) is 15.5. The average molecular weight is 444 g/mol. The van der Waals surface area contributed by atoms with E-state index in [1.807, 2.05) is 0 Å². The molecule has 0 atom stereocenters. The summed E-state index contributed by atoms with van der Waals surface area (Å²) in [7, 11) is 0. The summed E-state index contributed by atoms with van der Waals surface area (Å²) in [4.78, 5) is 12.3.